The number of fused-ring (bicyclic) bond motifs is 1. The van der Waals surface area contributed by atoms with Gasteiger partial charge in [0, 0.05) is 6.54 Å². The predicted octanol–water partition coefficient (Wildman–Crippen LogP) is 2.96. The smallest absolute Gasteiger partial charge is 0.230 e. The zero-order valence-electron chi connectivity index (χ0n) is 15.4. The number of nitrogens with zero attached hydrogens (tertiary/aromatic N) is 3. The molecule has 1 aromatic heterocycles. The molecule has 0 bridgehead atoms. The summed E-state index contributed by atoms with van der Waals surface area (Å²) < 4.78 is 16.4. The van der Waals surface area contributed by atoms with Crippen LogP contribution in [0.5, 0.6) is 0 Å². The second-order valence-electron chi connectivity index (χ2n) is 6.59. The molecule has 146 valence electrons. The first kappa shape index (κ1) is 20.0. The quantitative estimate of drug-likeness (QED) is 0.705. The second-order valence-corrected chi connectivity index (χ2v) is 6.59. The standard InChI is InChI=1S/C20H20FN5O.ClH/c1-13-18(24-25-26(13)15-5-3-2-4-6-15)11-19(27)23-17-8-7-14-12-22-10-9-16(14)20(17)21;/h2-8,22H,9-12H2,1H3,(H,23,27);1H. The summed E-state index contributed by atoms with van der Waals surface area (Å²) in [5.74, 6) is -0.655. The first-order valence-electron chi connectivity index (χ1n) is 8.91. The fraction of sp³-hybridized carbons (Fsp3) is 0.250. The minimum absolute atomic E-state index is 0. The molecule has 1 aliphatic heterocycles. The first-order chi connectivity index (χ1) is 13.1. The van der Waals surface area contributed by atoms with Gasteiger partial charge in [-0.1, -0.05) is 29.5 Å². The number of carbonyl (C=O) groups excluding carboxylic acids is 1. The van der Waals surface area contributed by atoms with E-state index in [1.54, 1.807) is 10.7 Å². The van der Waals surface area contributed by atoms with Crippen molar-refractivity contribution in [1.82, 2.24) is 20.3 Å². The number of amides is 1. The summed E-state index contributed by atoms with van der Waals surface area (Å²) in [7, 11) is 0. The predicted molar refractivity (Wildman–Crippen MR) is 107 cm³/mol. The van der Waals surface area contributed by atoms with E-state index >= 15 is 0 Å². The van der Waals surface area contributed by atoms with E-state index in [4.69, 9.17) is 0 Å². The first-order valence-corrected chi connectivity index (χ1v) is 8.91. The number of hydrogen-bond donors (Lipinski definition) is 2. The average Bonchev–Trinajstić information content (AvgIpc) is 3.05. The van der Waals surface area contributed by atoms with E-state index in [1.165, 1.54) is 0 Å². The Bertz CT molecular complexity index is 990. The maximum Gasteiger partial charge on any atom is 0.230 e. The van der Waals surface area contributed by atoms with Crippen LogP contribution >= 0.6 is 12.4 Å². The number of aromatic nitrogens is 3. The van der Waals surface area contributed by atoms with E-state index in [1.807, 2.05) is 43.3 Å². The molecule has 2 aromatic carbocycles. The summed E-state index contributed by atoms with van der Waals surface area (Å²) >= 11 is 0. The fourth-order valence-electron chi connectivity index (χ4n) is 3.31. The van der Waals surface area contributed by atoms with Crippen molar-refractivity contribution in [2.45, 2.75) is 26.3 Å². The van der Waals surface area contributed by atoms with Crippen LogP contribution in [0.4, 0.5) is 10.1 Å². The molecule has 0 saturated carbocycles. The maximum absolute atomic E-state index is 14.7. The van der Waals surface area contributed by atoms with Crippen molar-refractivity contribution in [3.8, 4) is 5.69 Å². The van der Waals surface area contributed by atoms with Crippen LogP contribution in [0.2, 0.25) is 0 Å². The van der Waals surface area contributed by atoms with Gasteiger partial charge in [-0.3, -0.25) is 4.79 Å². The highest BCUT2D eigenvalue weighted by Gasteiger charge is 2.19. The molecule has 0 atom stereocenters. The third-order valence-electron chi connectivity index (χ3n) is 4.80. The number of carbonyl (C=O) groups is 1. The highest BCUT2D eigenvalue weighted by Crippen LogP contribution is 2.24. The molecule has 0 radical (unpaired) electrons. The molecule has 3 aromatic rings. The Hall–Kier alpha value is -2.77. The molecule has 6 nitrogen and oxygen atoms in total. The Labute approximate surface area is 168 Å². The van der Waals surface area contributed by atoms with Gasteiger partial charge in [0.25, 0.3) is 0 Å². The van der Waals surface area contributed by atoms with Crippen LogP contribution in [-0.4, -0.2) is 27.4 Å². The summed E-state index contributed by atoms with van der Waals surface area (Å²) in [5.41, 5.74) is 4.07. The van der Waals surface area contributed by atoms with Gasteiger partial charge in [0.15, 0.2) is 0 Å². The van der Waals surface area contributed by atoms with Gasteiger partial charge in [0.05, 0.1) is 29.2 Å². The molecule has 2 N–H and O–H groups in total. The molecule has 8 heteroatoms. The van der Waals surface area contributed by atoms with Crippen molar-refractivity contribution in [2.75, 3.05) is 11.9 Å². The Morgan fingerprint density at radius 3 is 2.82 bits per heavy atom. The normalized spacial score (nSPS) is 12.8. The maximum atomic E-state index is 14.7. The lowest BCUT2D eigenvalue weighted by Gasteiger charge is -2.19. The average molecular weight is 402 g/mol. The molecular formula is C20H21ClFN5O. The largest absolute Gasteiger partial charge is 0.323 e. The number of hydrogen-bond acceptors (Lipinski definition) is 4. The molecule has 4 rings (SSSR count). The summed E-state index contributed by atoms with van der Waals surface area (Å²) in [6, 6.07) is 13.1. The minimum Gasteiger partial charge on any atom is -0.323 e. The number of halogens is 2. The molecule has 0 spiro atoms. The second kappa shape index (κ2) is 8.50. The summed E-state index contributed by atoms with van der Waals surface area (Å²) in [5, 5.41) is 14.1. The topological polar surface area (TPSA) is 71.8 Å². The van der Waals surface area contributed by atoms with Crippen LogP contribution in [0.15, 0.2) is 42.5 Å². The van der Waals surface area contributed by atoms with E-state index in [9.17, 15) is 9.18 Å². The van der Waals surface area contributed by atoms with Gasteiger partial charge in [0.2, 0.25) is 5.91 Å². The zero-order chi connectivity index (χ0) is 18.8. The number of rotatable bonds is 4. The summed E-state index contributed by atoms with van der Waals surface area (Å²) in [6.45, 7) is 3.26. The van der Waals surface area contributed by atoms with E-state index in [2.05, 4.69) is 20.9 Å². The van der Waals surface area contributed by atoms with E-state index in [-0.39, 0.29) is 36.2 Å². The number of benzene rings is 2. The number of nitrogens with one attached hydrogen (secondary N) is 2. The molecule has 0 fully saturated rings. The highest BCUT2D eigenvalue weighted by molar-refractivity contribution is 5.92. The third kappa shape index (κ3) is 3.90. The molecule has 0 unspecified atom stereocenters. The van der Waals surface area contributed by atoms with Crippen molar-refractivity contribution in [3.63, 3.8) is 0 Å². The molecule has 0 saturated heterocycles. The van der Waals surface area contributed by atoms with Crippen molar-refractivity contribution in [2.24, 2.45) is 0 Å². The van der Waals surface area contributed by atoms with Crippen LogP contribution in [0, 0.1) is 12.7 Å². The van der Waals surface area contributed by atoms with Gasteiger partial charge in [-0.05, 0) is 49.2 Å². The Kier molecular flexibility index (Phi) is 6.06. The van der Waals surface area contributed by atoms with Crippen LogP contribution in [-0.2, 0) is 24.2 Å². The molecule has 2 heterocycles. The molecule has 28 heavy (non-hydrogen) atoms. The van der Waals surface area contributed by atoms with Crippen LogP contribution < -0.4 is 10.6 Å². The lowest BCUT2D eigenvalue weighted by Crippen LogP contribution is -2.25. The van der Waals surface area contributed by atoms with Crippen LogP contribution in [0.1, 0.15) is 22.5 Å². The Morgan fingerprint density at radius 2 is 2.04 bits per heavy atom. The SMILES string of the molecule is Cc1c(CC(=O)Nc2ccc3c(c2F)CCNC3)nnn1-c1ccccc1.Cl. The lowest BCUT2D eigenvalue weighted by molar-refractivity contribution is -0.115. The van der Waals surface area contributed by atoms with Crippen LogP contribution in [0.3, 0.4) is 0 Å². The summed E-state index contributed by atoms with van der Waals surface area (Å²) in [4.78, 5) is 12.4. The minimum atomic E-state index is -0.341. The number of para-hydroxylation sites is 1. The van der Waals surface area contributed by atoms with Crippen molar-refractivity contribution in [1.29, 1.82) is 0 Å². The van der Waals surface area contributed by atoms with Gasteiger partial charge in [-0.2, -0.15) is 0 Å². The van der Waals surface area contributed by atoms with E-state index in [0.29, 0.717) is 24.2 Å². The van der Waals surface area contributed by atoms with E-state index < -0.39 is 0 Å². The lowest BCUT2D eigenvalue weighted by atomic mass is 9.99. The number of anilines is 1. The van der Waals surface area contributed by atoms with Crippen molar-refractivity contribution < 1.29 is 9.18 Å². The monoisotopic (exact) mass is 401 g/mol. The molecule has 1 aliphatic rings. The third-order valence-corrected chi connectivity index (χ3v) is 4.80. The molecular weight excluding hydrogens is 381 g/mol. The Balaban J connectivity index is 0.00000225. The van der Waals surface area contributed by atoms with Crippen LogP contribution in [0.25, 0.3) is 5.69 Å². The van der Waals surface area contributed by atoms with Gasteiger partial charge in [-0.25, -0.2) is 9.07 Å². The summed E-state index contributed by atoms with van der Waals surface area (Å²) in [6.07, 6.45) is 0.659. The van der Waals surface area contributed by atoms with Gasteiger partial charge >= 0.3 is 0 Å². The van der Waals surface area contributed by atoms with Gasteiger partial charge in [-0.15, -0.1) is 17.5 Å². The van der Waals surface area contributed by atoms with Gasteiger partial charge < -0.3 is 10.6 Å². The van der Waals surface area contributed by atoms with E-state index in [0.717, 1.165) is 23.5 Å². The van der Waals surface area contributed by atoms with Gasteiger partial charge in [0.1, 0.15) is 5.82 Å². The highest BCUT2D eigenvalue weighted by atomic mass is 35.5. The molecule has 1 amide bonds. The fourth-order valence-corrected chi connectivity index (χ4v) is 3.31. The molecule has 0 aliphatic carbocycles. The Morgan fingerprint density at radius 1 is 1.25 bits per heavy atom. The van der Waals surface area contributed by atoms with Crippen molar-refractivity contribution in [3.05, 3.63) is 70.8 Å². The van der Waals surface area contributed by atoms with Crippen molar-refractivity contribution >= 4 is 24.0 Å². The zero-order valence-corrected chi connectivity index (χ0v) is 16.2.